The van der Waals surface area contributed by atoms with Gasteiger partial charge in [-0.2, -0.15) is 5.10 Å². The van der Waals surface area contributed by atoms with Crippen molar-refractivity contribution in [2.24, 2.45) is 7.05 Å². The Morgan fingerprint density at radius 1 is 1.27 bits per heavy atom. The van der Waals surface area contributed by atoms with E-state index in [-0.39, 0.29) is 0 Å². The zero-order chi connectivity index (χ0) is 10.8. The van der Waals surface area contributed by atoms with Crippen LogP contribution < -0.4 is 4.74 Å². The van der Waals surface area contributed by atoms with E-state index in [1.807, 2.05) is 36.9 Å². The molecule has 1 aromatic carbocycles. The van der Waals surface area contributed by atoms with Crippen molar-refractivity contribution in [3.8, 4) is 17.0 Å². The van der Waals surface area contributed by atoms with Crippen molar-refractivity contribution < 1.29 is 4.74 Å². The summed E-state index contributed by atoms with van der Waals surface area (Å²) in [5.41, 5.74) is 3.41. The molecule has 0 aliphatic heterocycles. The van der Waals surface area contributed by atoms with Crippen LogP contribution in [0.4, 0.5) is 0 Å². The minimum atomic E-state index is 0.918. The third kappa shape index (κ3) is 1.73. The number of methoxy groups -OCH3 is 1. The lowest BCUT2D eigenvalue weighted by atomic mass is 10.1. The highest BCUT2D eigenvalue weighted by Gasteiger charge is 2.04. The summed E-state index contributed by atoms with van der Waals surface area (Å²) in [5, 5.41) is 4.15. The van der Waals surface area contributed by atoms with Gasteiger partial charge in [-0.25, -0.2) is 0 Å². The van der Waals surface area contributed by atoms with Crippen LogP contribution in [0.2, 0.25) is 0 Å². The van der Waals surface area contributed by atoms with Gasteiger partial charge in [0.2, 0.25) is 0 Å². The normalized spacial score (nSPS) is 10.3. The Bertz CT molecular complexity index is 474. The van der Waals surface area contributed by atoms with Crippen LogP contribution in [0, 0.1) is 6.92 Å². The molecular weight excluding hydrogens is 188 g/mol. The van der Waals surface area contributed by atoms with Gasteiger partial charge in [0.05, 0.1) is 12.8 Å². The van der Waals surface area contributed by atoms with Crippen molar-refractivity contribution in [1.29, 1.82) is 0 Å². The molecule has 0 amide bonds. The lowest BCUT2D eigenvalue weighted by molar-refractivity contribution is 0.412. The first kappa shape index (κ1) is 9.77. The van der Waals surface area contributed by atoms with E-state index in [0.717, 1.165) is 22.6 Å². The van der Waals surface area contributed by atoms with Crippen LogP contribution in [-0.4, -0.2) is 16.9 Å². The molecule has 0 spiro atoms. The summed E-state index contributed by atoms with van der Waals surface area (Å²) in [6.45, 7) is 2.04. The van der Waals surface area contributed by atoms with E-state index in [4.69, 9.17) is 4.74 Å². The van der Waals surface area contributed by atoms with E-state index >= 15 is 0 Å². The molecule has 0 bridgehead atoms. The summed E-state index contributed by atoms with van der Waals surface area (Å²) in [6.07, 6.45) is 1.80. The zero-order valence-electron chi connectivity index (χ0n) is 9.19. The molecule has 0 unspecified atom stereocenters. The average Bonchev–Trinajstić information content (AvgIpc) is 2.64. The summed E-state index contributed by atoms with van der Waals surface area (Å²) >= 11 is 0. The Labute approximate surface area is 89.3 Å². The molecule has 3 nitrogen and oxygen atoms in total. The highest BCUT2D eigenvalue weighted by Crippen LogP contribution is 2.25. The van der Waals surface area contributed by atoms with Crippen molar-refractivity contribution >= 4 is 0 Å². The Morgan fingerprint density at radius 2 is 2.07 bits per heavy atom. The number of hydrogen-bond donors (Lipinski definition) is 0. The van der Waals surface area contributed by atoms with Crippen LogP contribution in [0.1, 0.15) is 5.56 Å². The molecule has 0 aliphatic carbocycles. The monoisotopic (exact) mass is 202 g/mol. The van der Waals surface area contributed by atoms with Gasteiger partial charge in [0.15, 0.2) is 0 Å². The number of benzene rings is 1. The topological polar surface area (TPSA) is 27.1 Å². The van der Waals surface area contributed by atoms with Crippen LogP contribution in [0.5, 0.6) is 5.75 Å². The van der Waals surface area contributed by atoms with Crippen LogP contribution in [0.25, 0.3) is 11.3 Å². The molecule has 1 heterocycles. The largest absolute Gasteiger partial charge is 0.496 e. The predicted molar refractivity (Wildman–Crippen MR) is 59.9 cm³/mol. The summed E-state index contributed by atoms with van der Waals surface area (Å²) < 4.78 is 7.09. The fraction of sp³-hybridized carbons (Fsp3) is 0.250. The second-order valence-corrected chi connectivity index (χ2v) is 3.52. The zero-order valence-corrected chi connectivity index (χ0v) is 9.19. The maximum absolute atomic E-state index is 5.23. The van der Waals surface area contributed by atoms with Gasteiger partial charge in [-0.1, -0.05) is 0 Å². The van der Waals surface area contributed by atoms with Crippen molar-refractivity contribution in [3.05, 3.63) is 36.0 Å². The van der Waals surface area contributed by atoms with Crippen molar-refractivity contribution in [2.75, 3.05) is 7.11 Å². The Kier molecular flexibility index (Phi) is 2.46. The summed E-state index contributed by atoms with van der Waals surface area (Å²) in [5.74, 6) is 0.918. The van der Waals surface area contributed by atoms with Gasteiger partial charge >= 0.3 is 0 Å². The average molecular weight is 202 g/mol. The molecule has 0 saturated heterocycles. The molecule has 1 aromatic heterocycles. The maximum atomic E-state index is 5.23. The van der Waals surface area contributed by atoms with Gasteiger partial charge in [-0.05, 0) is 36.8 Å². The molecule has 0 atom stereocenters. The first-order chi connectivity index (χ1) is 7.22. The highest BCUT2D eigenvalue weighted by molar-refractivity contribution is 5.62. The Hall–Kier alpha value is -1.77. The lowest BCUT2D eigenvalue weighted by Crippen LogP contribution is -1.94. The Morgan fingerprint density at radius 3 is 2.60 bits per heavy atom. The van der Waals surface area contributed by atoms with Gasteiger partial charge in [-0.3, -0.25) is 4.68 Å². The molecule has 3 heteroatoms. The second-order valence-electron chi connectivity index (χ2n) is 3.52. The van der Waals surface area contributed by atoms with E-state index in [1.54, 1.807) is 13.3 Å². The molecule has 2 aromatic rings. The van der Waals surface area contributed by atoms with Crippen LogP contribution in [0.15, 0.2) is 30.5 Å². The number of nitrogens with zero attached hydrogens (tertiary/aromatic N) is 2. The van der Waals surface area contributed by atoms with Crippen molar-refractivity contribution in [2.45, 2.75) is 6.92 Å². The maximum Gasteiger partial charge on any atom is 0.121 e. The molecule has 0 aliphatic rings. The summed E-state index contributed by atoms with van der Waals surface area (Å²) in [7, 11) is 3.63. The van der Waals surface area contributed by atoms with Crippen molar-refractivity contribution in [3.63, 3.8) is 0 Å². The fourth-order valence-electron chi connectivity index (χ4n) is 1.69. The van der Waals surface area contributed by atoms with Gasteiger partial charge < -0.3 is 4.74 Å². The molecule has 0 N–H and O–H groups in total. The standard InChI is InChI=1S/C12H14N2O/c1-9-8-10(4-5-12(9)15-3)11-6-7-13-14(11)2/h4-8H,1-3H3. The van der Waals surface area contributed by atoms with E-state index in [2.05, 4.69) is 11.2 Å². The smallest absolute Gasteiger partial charge is 0.121 e. The summed E-state index contributed by atoms with van der Waals surface area (Å²) in [6, 6.07) is 8.14. The summed E-state index contributed by atoms with van der Waals surface area (Å²) in [4.78, 5) is 0. The number of rotatable bonds is 2. The third-order valence-corrected chi connectivity index (χ3v) is 2.51. The van der Waals surface area contributed by atoms with E-state index in [9.17, 15) is 0 Å². The molecular formula is C12H14N2O. The predicted octanol–water partition coefficient (Wildman–Crippen LogP) is 2.40. The first-order valence-electron chi connectivity index (χ1n) is 4.85. The van der Waals surface area contributed by atoms with E-state index in [0.29, 0.717) is 0 Å². The first-order valence-corrected chi connectivity index (χ1v) is 4.85. The van der Waals surface area contributed by atoms with Crippen LogP contribution >= 0.6 is 0 Å². The third-order valence-electron chi connectivity index (χ3n) is 2.51. The minimum Gasteiger partial charge on any atom is -0.496 e. The van der Waals surface area contributed by atoms with E-state index in [1.165, 1.54) is 0 Å². The SMILES string of the molecule is COc1ccc(-c2ccnn2C)cc1C. The van der Waals surface area contributed by atoms with Crippen LogP contribution in [-0.2, 0) is 7.05 Å². The van der Waals surface area contributed by atoms with Gasteiger partial charge in [0.25, 0.3) is 0 Å². The number of hydrogen-bond acceptors (Lipinski definition) is 2. The molecule has 0 radical (unpaired) electrons. The molecule has 15 heavy (non-hydrogen) atoms. The second kappa shape index (κ2) is 3.77. The van der Waals surface area contributed by atoms with Gasteiger partial charge in [-0.15, -0.1) is 0 Å². The van der Waals surface area contributed by atoms with Crippen LogP contribution in [0.3, 0.4) is 0 Å². The fourth-order valence-corrected chi connectivity index (χ4v) is 1.69. The quantitative estimate of drug-likeness (QED) is 0.747. The molecule has 2 rings (SSSR count). The lowest BCUT2D eigenvalue weighted by Gasteiger charge is -2.07. The minimum absolute atomic E-state index is 0.918. The van der Waals surface area contributed by atoms with E-state index < -0.39 is 0 Å². The highest BCUT2D eigenvalue weighted by atomic mass is 16.5. The van der Waals surface area contributed by atoms with Gasteiger partial charge in [0, 0.05) is 18.8 Å². The number of aryl methyl sites for hydroxylation is 2. The molecule has 0 fully saturated rings. The van der Waals surface area contributed by atoms with Gasteiger partial charge in [0.1, 0.15) is 5.75 Å². The molecule has 78 valence electrons. The number of aromatic nitrogens is 2. The Balaban J connectivity index is 2.47. The molecule has 0 saturated carbocycles. The van der Waals surface area contributed by atoms with Crippen molar-refractivity contribution in [1.82, 2.24) is 9.78 Å². The number of ether oxygens (including phenoxy) is 1.